The molecule has 5 aromatic rings. The standard InChI is InChI=1S/C42H34ClF3N4O6S/c1-20-26-15-22(43)9-14-32(26)57-36(20)30-18-33(48(3)47-30)50-38(53)29-17-27-24(11-12-25-34(27)39(54)49(37(25)52)19-21-7-5-4-6-8-21)35(41(29,2)40(50)55)28-16-23(10-13-31(28)51)56-42(44,45)46/h4-11,13-16,18,25,27,29,34-35,51H,12,17,19H2,1-3H3/t25-,27+,29-,34-,35+,41+/m0/s1. The van der Waals surface area contributed by atoms with Crippen LogP contribution in [0.5, 0.6) is 11.5 Å². The van der Waals surface area contributed by atoms with Gasteiger partial charge in [-0.1, -0.05) is 53.6 Å². The number of benzene rings is 3. The highest BCUT2D eigenvalue weighted by molar-refractivity contribution is 7.22. The fourth-order valence-corrected chi connectivity index (χ4v) is 11.1. The number of hydrogen-bond acceptors (Lipinski definition) is 8. The van der Waals surface area contributed by atoms with E-state index in [0.29, 0.717) is 16.3 Å². The summed E-state index contributed by atoms with van der Waals surface area (Å²) < 4.78 is 47.2. The number of nitrogens with zero attached hydrogens (tertiary/aromatic N) is 4. The zero-order valence-corrected chi connectivity index (χ0v) is 32.3. The van der Waals surface area contributed by atoms with Crippen LogP contribution in [0.3, 0.4) is 0 Å². The van der Waals surface area contributed by atoms with Crippen LogP contribution in [0.4, 0.5) is 19.0 Å². The third kappa shape index (κ3) is 5.70. The van der Waals surface area contributed by atoms with Crippen LogP contribution in [-0.4, -0.2) is 49.8 Å². The molecule has 4 aliphatic rings. The van der Waals surface area contributed by atoms with Gasteiger partial charge in [-0.05, 0) is 85.5 Å². The number of phenolic OH excluding ortho intramolecular Hbond substituents is 1. The van der Waals surface area contributed by atoms with Crippen molar-refractivity contribution >= 4 is 62.5 Å². The molecule has 0 unspecified atom stereocenters. The quantitative estimate of drug-likeness (QED) is 0.135. The summed E-state index contributed by atoms with van der Waals surface area (Å²) in [6.07, 6.45) is -3.15. The summed E-state index contributed by atoms with van der Waals surface area (Å²) >= 11 is 7.77. The normalized spacial score (nSPS) is 25.9. The maximum Gasteiger partial charge on any atom is 0.573 e. The van der Waals surface area contributed by atoms with Crippen molar-refractivity contribution in [1.82, 2.24) is 14.7 Å². The van der Waals surface area contributed by atoms with Crippen molar-refractivity contribution in [1.29, 1.82) is 0 Å². The van der Waals surface area contributed by atoms with Gasteiger partial charge in [0.25, 0.3) is 0 Å². The number of fused-ring (bicyclic) bond motifs is 5. The van der Waals surface area contributed by atoms with Gasteiger partial charge in [0.05, 0.1) is 34.6 Å². The second-order valence-corrected chi connectivity index (χ2v) is 16.9. The third-order valence-electron chi connectivity index (χ3n) is 12.3. The zero-order chi connectivity index (χ0) is 40.3. The maximum absolute atomic E-state index is 15.1. The van der Waals surface area contributed by atoms with E-state index in [2.05, 4.69) is 4.74 Å². The van der Waals surface area contributed by atoms with Gasteiger partial charge in [-0.3, -0.25) is 28.8 Å². The number of aryl methyl sites for hydroxylation is 2. The predicted octanol–water partition coefficient (Wildman–Crippen LogP) is 8.30. The topological polar surface area (TPSA) is 122 Å². The second-order valence-electron chi connectivity index (χ2n) is 15.4. The van der Waals surface area contributed by atoms with Gasteiger partial charge in [0, 0.05) is 34.3 Å². The van der Waals surface area contributed by atoms with E-state index < -0.39 is 70.6 Å². The predicted molar refractivity (Wildman–Crippen MR) is 205 cm³/mol. The number of likely N-dealkylation sites (tertiary alicyclic amines) is 1. The number of aromatic nitrogens is 2. The van der Waals surface area contributed by atoms with Crippen LogP contribution >= 0.6 is 22.9 Å². The molecule has 4 amide bonds. The monoisotopic (exact) mass is 814 g/mol. The van der Waals surface area contributed by atoms with Crippen LogP contribution in [0.2, 0.25) is 5.02 Å². The molecule has 2 aliphatic carbocycles. The Morgan fingerprint density at radius 2 is 1.74 bits per heavy atom. The molecule has 292 valence electrons. The number of phenols is 1. The Kier molecular flexibility index (Phi) is 8.49. The number of allylic oxidation sites excluding steroid dienone is 2. The van der Waals surface area contributed by atoms with Crippen LogP contribution in [0.15, 0.2) is 84.4 Å². The Morgan fingerprint density at radius 3 is 2.47 bits per heavy atom. The highest BCUT2D eigenvalue weighted by atomic mass is 35.5. The molecule has 2 aromatic heterocycles. The van der Waals surface area contributed by atoms with E-state index in [1.54, 1.807) is 32.2 Å². The van der Waals surface area contributed by atoms with E-state index in [1.165, 1.54) is 20.9 Å². The number of ether oxygens (including phenoxy) is 1. The van der Waals surface area contributed by atoms with Crippen molar-refractivity contribution in [2.24, 2.45) is 36.1 Å². The molecule has 2 aliphatic heterocycles. The van der Waals surface area contributed by atoms with Crippen molar-refractivity contribution in [3.05, 3.63) is 106 Å². The maximum atomic E-state index is 15.1. The molecule has 1 N–H and O–H groups in total. The van der Waals surface area contributed by atoms with Crippen molar-refractivity contribution in [2.75, 3.05) is 4.90 Å². The number of anilines is 1. The summed E-state index contributed by atoms with van der Waals surface area (Å²) in [6.45, 7) is 3.58. The number of amides is 4. The molecule has 0 spiro atoms. The molecule has 57 heavy (non-hydrogen) atoms. The van der Waals surface area contributed by atoms with E-state index in [9.17, 15) is 32.7 Å². The number of halogens is 4. The number of alkyl halides is 3. The van der Waals surface area contributed by atoms with Crippen molar-refractivity contribution in [3.63, 3.8) is 0 Å². The van der Waals surface area contributed by atoms with Gasteiger partial charge in [0.1, 0.15) is 23.0 Å². The minimum Gasteiger partial charge on any atom is -0.508 e. The number of rotatable bonds is 6. The molecule has 15 heteroatoms. The van der Waals surface area contributed by atoms with Crippen molar-refractivity contribution in [3.8, 4) is 22.1 Å². The van der Waals surface area contributed by atoms with Gasteiger partial charge in [-0.2, -0.15) is 5.10 Å². The average molecular weight is 815 g/mol. The molecular formula is C42H34ClF3N4O6S. The molecule has 10 nitrogen and oxygen atoms in total. The number of imide groups is 2. The first kappa shape index (κ1) is 37.1. The largest absolute Gasteiger partial charge is 0.573 e. The highest BCUT2D eigenvalue weighted by Gasteiger charge is 2.68. The molecule has 3 aromatic carbocycles. The van der Waals surface area contributed by atoms with Gasteiger partial charge in [-0.15, -0.1) is 24.5 Å². The fraction of sp³-hybridized carbons (Fsp3) is 0.310. The number of hydrogen-bond donors (Lipinski definition) is 1. The van der Waals surface area contributed by atoms with E-state index in [0.717, 1.165) is 49.2 Å². The summed E-state index contributed by atoms with van der Waals surface area (Å²) in [4.78, 5) is 61.3. The summed E-state index contributed by atoms with van der Waals surface area (Å²) in [5.41, 5.74) is 0.979. The van der Waals surface area contributed by atoms with Crippen LogP contribution in [0.1, 0.15) is 42.4 Å². The lowest BCUT2D eigenvalue weighted by Crippen LogP contribution is -2.49. The Labute approximate surface area is 333 Å². The van der Waals surface area contributed by atoms with Crippen LogP contribution in [0, 0.1) is 36.0 Å². The number of thiophene rings is 1. The Bertz CT molecular complexity index is 2590. The molecular weight excluding hydrogens is 781 g/mol. The first-order valence-electron chi connectivity index (χ1n) is 18.4. The third-order valence-corrected chi connectivity index (χ3v) is 13.8. The number of carbonyl (C=O) groups excluding carboxylic acids is 4. The lowest BCUT2D eigenvalue weighted by molar-refractivity contribution is -0.274. The molecule has 6 atom stereocenters. The Morgan fingerprint density at radius 1 is 0.982 bits per heavy atom. The molecule has 3 fully saturated rings. The van der Waals surface area contributed by atoms with Crippen LogP contribution in [-0.2, 0) is 32.8 Å². The van der Waals surface area contributed by atoms with Gasteiger partial charge in [-0.25, -0.2) is 4.90 Å². The summed E-state index contributed by atoms with van der Waals surface area (Å²) in [6, 6.07) is 19.3. The van der Waals surface area contributed by atoms with Gasteiger partial charge >= 0.3 is 6.36 Å². The summed E-state index contributed by atoms with van der Waals surface area (Å²) in [5, 5.41) is 17.6. The van der Waals surface area contributed by atoms with Crippen molar-refractivity contribution in [2.45, 2.75) is 45.5 Å². The molecule has 9 rings (SSSR count). The Balaban J connectivity index is 1.16. The fourth-order valence-electron chi connectivity index (χ4n) is 9.74. The average Bonchev–Trinajstić information content (AvgIpc) is 3.83. The minimum absolute atomic E-state index is 0.0136. The lowest BCUT2D eigenvalue weighted by Gasteiger charge is -2.49. The van der Waals surface area contributed by atoms with E-state index in [1.807, 2.05) is 49.4 Å². The van der Waals surface area contributed by atoms with Crippen molar-refractivity contribution < 1.29 is 42.2 Å². The molecule has 2 saturated heterocycles. The molecule has 0 radical (unpaired) electrons. The smallest absolute Gasteiger partial charge is 0.508 e. The second kappa shape index (κ2) is 13.0. The number of carbonyl (C=O) groups is 4. The molecule has 4 heterocycles. The van der Waals surface area contributed by atoms with Gasteiger partial charge < -0.3 is 9.84 Å². The van der Waals surface area contributed by atoms with Gasteiger partial charge in [0.15, 0.2) is 0 Å². The zero-order valence-electron chi connectivity index (χ0n) is 30.7. The molecule has 1 saturated carbocycles. The van der Waals surface area contributed by atoms with E-state index in [4.69, 9.17) is 16.7 Å². The first-order valence-corrected chi connectivity index (χ1v) is 19.6. The summed E-state index contributed by atoms with van der Waals surface area (Å²) in [5.74, 6) is -7.51. The first-order chi connectivity index (χ1) is 27.1. The van der Waals surface area contributed by atoms with Crippen LogP contribution in [0.25, 0.3) is 20.7 Å². The SMILES string of the molecule is Cc1c(-c2cc(N3C(=O)[C@@H]4C[C@@H]5C(=CC[C@@H]6C(=O)N(Cc7ccccc7)C(=O)[C@@H]65)[C@H](c5cc(OC(F)(F)F)ccc5O)[C@]4(C)C3=O)n(C)n2)sc2ccc(Cl)cc12. The minimum atomic E-state index is -5.06. The van der Waals surface area contributed by atoms with Crippen LogP contribution < -0.4 is 9.64 Å². The number of aromatic hydroxyl groups is 1. The summed E-state index contributed by atoms with van der Waals surface area (Å²) in [7, 11) is 1.61. The molecule has 0 bridgehead atoms. The highest BCUT2D eigenvalue weighted by Crippen LogP contribution is 2.64. The van der Waals surface area contributed by atoms with E-state index >= 15 is 4.79 Å². The van der Waals surface area contributed by atoms with Gasteiger partial charge in [0.2, 0.25) is 23.6 Å². The lowest BCUT2D eigenvalue weighted by atomic mass is 9.51. The van der Waals surface area contributed by atoms with E-state index in [-0.39, 0.29) is 36.7 Å². The Hall–Kier alpha value is -5.47.